The number of rotatable bonds is 7. The van der Waals surface area contributed by atoms with Crippen LogP contribution in [0, 0.1) is 0 Å². The zero-order valence-corrected chi connectivity index (χ0v) is 13.9. The highest BCUT2D eigenvalue weighted by Gasteiger charge is 2.10. The number of pyridine rings is 1. The SMILES string of the molecule is O=C(NCCNc1cccnc1)c1csc(Cc2ccccc2)n1. The molecule has 0 unspecified atom stereocenters. The maximum absolute atomic E-state index is 12.1. The Kier molecular flexibility index (Phi) is 5.52. The molecule has 3 aromatic rings. The summed E-state index contributed by atoms with van der Waals surface area (Å²) < 4.78 is 0. The summed E-state index contributed by atoms with van der Waals surface area (Å²) in [5.74, 6) is -0.140. The Morgan fingerprint density at radius 3 is 2.75 bits per heavy atom. The highest BCUT2D eigenvalue weighted by atomic mass is 32.1. The fourth-order valence-electron chi connectivity index (χ4n) is 2.21. The third-order valence-corrected chi connectivity index (χ3v) is 4.23. The van der Waals surface area contributed by atoms with E-state index >= 15 is 0 Å². The van der Waals surface area contributed by atoms with Gasteiger partial charge in [0.25, 0.3) is 5.91 Å². The smallest absolute Gasteiger partial charge is 0.270 e. The van der Waals surface area contributed by atoms with Crippen molar-refractivity contribution >= 4 is 22.9 Å². The Morgan fingerprint density at radius 2 is 1.96 bits per heavy atom. The lowest BCUT2D eigenvalue weighted by molar-refractivity contribution is 0.0950. The lowest BCUT2D eigenvalue weighted by Gasteiger charge is -2.06. The van der Waals surface area contributed by atoms with Crippen LogP contribution in [0.4, 0.5) is 5.69 Å². The molecular formula is C18H18N4OS. The third-order valence-electron chi connectivity index (χ3n) is 3.38. The predicted molar refractivity (Wildman–Crippen MR) is 96.4 cm³/mol. The van der Waals surface area contributed by atoms with Crippen molar-refractivity contribution in [1.82, 2.24) is 15.3 Å². The number of carbonyl (C=O) groups is 1. The summed E-state index contributed by atoms with van der Waals surface area (Å²) in [6.07, 6.45) is 4.22. The quantitative estimate of drug-likeness (QED) is 0.650. The lowest BCUT2D eigenvalue weighted by atomic mass is 10.2. The van der Waals surface area contributed by atoms with Crippen molar-refractivity contribution in [1.29, 1.82) is 0 Å². The van der Waals surface area contributed by atoms with E-state index in [1.54, 1.807) is 12.4 Å². The van der Waals surface area contributed by atoms with Crippen molar-refractivity contribution in [3.8, 4) is 0 Å². The van der Waals surface area contributed by atoms with Crippen molar-refractivity contribution in [3.63, 3.8) is 0 Å². The molecule has 0 spiro atoms. The van der Waals surface area contributed by atoms with Gasteiger partial charge in [-0.15, -0.1) is 11.3 Å². The Morgan fingerprint density at radius 1 is 1.08 bits per heavy atom. The normalized spacial score (nSPS) is 10.3. The first kappa shape index (κ1) is 16.1. The molecule has 3 rings (SSSR count). The molecule has 0 aliphatic rings. The average Bonchev–Trinajstić information content (AvgIpc) is 3.09. The number of hydrogen-bond acceptors (Lipinski definition) is 5. The summed E-state index contributed by atoms with van der Waals surface area (Å²) in [4.78, 5) is 20.6. The number of nitrogens with zero attached hydrogens (tertiary/aromatic N) is 2. The van der Waals surface area contributed by atoms with Crippen molar-refractivity contribution in [2.24, 2.45) is 0 Å². The number of carbonyl (C=O) groups excluding carboxylic acids is 1. The summed E-state index contributed by atoms with van der Waals surface area (Å²) in [5.41, 5.74) is 2.61. The molecule has 2 heterocycles. The van der Waals surface area contributed by atoms with Crippen molar-refractivity contribution < 1.29 is 4.79 Å². The summed E-state index contributed by atoms with van der Waals surface area (Å²) in [6, 6.07) is 13.9. The predicted octanol–water partition coefficient (Wildman–Crippen LogP) is 2.97. The van der Waals surface area contributed by atoms with Gasteiger partial charge in [-0.25, -0.2) is 4.98 Å². The molecule has 1 amide bonds. The standard InChI is InChI=1S/C18H18N4OS/c23-18(21-10-9-20-15-7-4-8-19-12-15)16-13-24-17(22-16)11-14-5-2-1-3-6-14/h1-8,12-13,20H,9-11H2,(H,21,23). The van der Waals surface area contributed by atoms with E-state index in [0.29, 0.717) is 18.8 Å². The number of thiazole rings is 1. The van der Waals surface area contributed by atoms with Crippen LogP contribution in [0.2, 0.25) is 0 Å². The van der Waals surface area contributed by atoms with Crippen LogP contribution in [-0.2, 0) is 6.42 Å². The van der Waals surface area contributed by atoms with Gasteiger partial charge in [0.1, 0.15) is 5.69 Å². The Labute approximate surface area is 144 Å². The first-order valence-corrected chi connectivity index (χ1v) is 8.59. The van der Waals surface area contributed by atoms with E-state index in [2.05, 4.69) is 32.7 Å². The fraction of sp³-hybridized carbons (Fsp3) is 0.167. The van der Waals surface area contributed by atoms with Crippen LogP contribution in [0.1, 0.15) is 21.1 Å². The second-order valence-electron chi connectivity index (χ2n) is 5.21. The van der Waals surface area contributed by atoms with Crippen LogP contribution >= 0.6 is 11.3 Å². The molecule has 5 nitrogen and oxygen atoms in total. The second-order valence-corrected chi connectivity index (χ2v) is 6.16. The van der Waals surface area contributed by atoms with E-state index < -0.39 is 0 Å². The Bertz CT molecular complexity index is 774. The van der Waals surface area contributed by atoms with Gasteiger partial charge in [-0.05, 0) is 17.7 Å². The van der Waals surface area contributed by atoms with E-state index in [0.717, 1.165) is 17.1 Å². The number of aromatic nitrogens is 2. The van der Waals surface area contributed by atoms with Crippen molar-refractivity contribution in [3.05, 3.63) is 76.5 Å². The van der Waals surface area contributed by atoms with E-state index in [4.69, 9.17) is 0 Å². The summed E-state index contributed by atoms with van der Waals surface area (Å²) in [6.45, 7) is 1.16. The van der Waals surface area contributed by atoms with Crippen LogP contribution in [0.5, 0.6) is 0 Å². The molecule has 2 N–H and O–H groups in total. The number of benzene rings is 1. The number of hydrogen-bond donors (Lipinski definition) is 2. The van der Waals surface area contributed by atoms with Crippen LogP contribution in [0.25, 0.3) is 0 Å². The largest absolute Gasteiger partial charge is 0.382 e. The summed E-state index contributed by atoms with van der Waals surface area (Å²) in [5, 5.41) is 8.82. The molecule has 0 aliphatic heterocycles. The van der Waals surface area contributed by atoms with Crippen LogP contribution in [-0.4, -0.2) is 29.0 Å². The van der Waals surface area contributed by atoms with Crippen molar-refractivity contribution in [2.45, 2.75) is 6.42 Å². The maximum Gasteiger partial charge on any atom is 0.270 e. The number of anilines is 1. The molecule has 122 valence electrons. The minimum Gasteiger partial charge on any atom is -0.382 e. The van der Waals surface area contributed by atoms with E-state index in [1.807, 2.05) is 35.7 Å². The lowest BCUT2D eigenvalue weighted by Crippen LogP contribution is -2.29. The summed E-state index contributed by atoms with van der Waals surface area (Å²) in [7, 11) is 0. The van der Waals surface area contributed by atoms with E-state index in [1.165, 1.54) is 16.9 Å². The Hall–Kier alpha value is -2.73. The molecule has 0 atom stereocenters. The number of nitrogens with one attached hydrogen (secondary N) is 2. The minimum absolute atomic E-state index is 0.140. The first-order valence-electron chi connectivity index (χ1n) is 7.72. The maximum atomic E-state index is 12.1. The molecule has 0 bridgehead atoms. The van der Waals surface area contributed by atoms with Gasteiger partial charge >= 0.3 is 0 Å². The van der Waals surface area contributed by atoms with Gasteiger partial charge in [0, 0.05) is 37.3 Å². The minimum atomic E-state index is -0.140. The first-order chi connectivity index (χ1) is 11.8. The molecule has 2 aromatic heterocycles. The van der Waals surface area contributed by atoms with Gasteiger partial charge in [0.15, 0.2) is 0 Å². The zero-order chi connectivity index (χ0) is 16.6. The monoisotopic (exact) mass is 338 g/mol. The van der Waals surface area contributed by atoms with Crippen LogP contribution < -0.4 is 10.6 Å². The van der Waals surface area contributed by atoms with Gasteiger partial charge in [-0.1, -0.05) is 30.3 Å². The molecule has 0 radical (unpaired) electrons. The molecule has 0 aliphatic carbocycles. The van der Waals surface area contributed by atoms with Gasteiger partial charge in [-0.2, -0.15) is 0 Å². The van der Waals surface area contributed by atoms with Crippen molar-refractivity contribution in [2.75, 3.05) is 18.4 Å². The van der Waals surface area contributed by atoms with Gasteiger partial charge < -0.3 is 10.6 Å². The topological polar surface area (TPSA) is 66.9 Å². The van der Waals surface area contributed by atoms with Gasteiger partial charge in [0.2, 0.25) is 0 Å². The zero-order valence-electron chi connectivity index (χ0n) is 13.1. The number of amides is 1. The summed E-state index contributed by atoms with van der Waals surface area (Å²) >= 11 is 1.51. The van der Waals surface area contributed by atoms with Gasteiger partial charge in [-0.3, -0.25) is 9.78 Å². The highest BCUT2D eigenvalue weighted by Crippen LogP contribution is 2.14. The van der Waals surface area contributed by atoms with E-state index in [9.17, 15) is 4.79 Å². The second kappa shape index (κ2) is 8.21. The van der Waals surface area contributed by atoms with E-state index in [-0.39, 0.29) is 5.91 Å². The third kappa shape index (κ3) is 4.63. The molecule has 24 heavy (non-hydrogen) atoms. The molecule has 6 heteroatoms. The van der Waals surface area contributed by atoms with Crippen LogP contribution in [0.15, 0.2) is 60.2 Å². The molecule has 0 saturated heterocycles. The van der Waals surface area contributed by atoms with Gasteiger partial charge in [0.05, 0.1) is 10.7 Å². The Balaban J connectivity index is 1.45. The highest BCUT2D eigenvalue weighted by molar-refractivity contribution is 7.09. The molecule has 0 fully saturated rings. The fourth-order valence-corrected chi connectivity index (χ4v) is 3.02. The molecule has 0 saturated carbocycles. The average molecular weight is 338 g/mol. The molecule has 1 aromatic carbocycles. The van der Waals surface area contributed by atoms with Crippen LogP contribution in [0.3, 0.4) is 0 Å². The molecular weight excluding hydrogens is 320 g/mol.